The van der Waals surface area contributed by atoms with Crippen LogP contribution in [0.25, 0.3) is 5.82 Å². The monoisotopic (exact) mass is 386 g/mol. The number of hydrogen-bond acceptors (Lipinski definition) is 6. The Morgan fingerprint density at radius 2 is 1.85 bits per heavy atom. The quantitative estimate of drug-likeness (QED) is 0.700. The molecule has 1 saturated heterocycles. The highest BCUT2D eigenvalue weighted by molar-refractivity contribution is 5.85. The Bertz CT molecular complexity index is 818. The summed E-state index contributed by atoms with van der Waals surface area (Å²) in [5.41, 5.74) is 3.61. The minimum absolute atomic E-state index is 0. The predicted molar refractivity (Wildman–Crippen MR) is 106 cm³/mol. The van der Waals surface area contributed by atoms with E-state index in [1.807, 2.05) is 6.07 Å². The van der Waals surface area contributed by atoms with Gasteiger partial charge < -0.3 is 15.0 Å². The zero-order valence-corrected chi connectivity index (χ0v) is 15.8. The van der Waals surface area contributed by atoms with E-state index in [0.717, 1.165) is 44.2 Å². The van der Waals surface area contributed by atoms with Gasteiger partial charge >= 0.3 is 0 Å². The van der Waals surface area contributed by atoms with Crippen molar-refractivity contribution in [1.82, 2.24) is 25.1 Å². The molecule has 142 valence electrons. The summed E-state index contributed by atoms with van der Waals surface area (Å²) >= 11 is 0. The Morgan fingerprint density at radius 1 is 1.04 bits per heavy atom. The van der Waals surface area contributed by atoms with Crippen LogP contribution in [0.2, 0.25) is 0 Å². The SMILES string of the molecule is Cl.c1cnc(-n2cncn2)c(CNCc2ccc(N3CCOCC3)cc2)c1. The van der Waals surface area contributed by atoms with Gasteiger partial charge in [0.1, 0.15) is 12.7 Å². The van der Waals surface area contributed by atoms with E-state index in [1.165, 1.54) is 17.6 Å². The van der Waals surface area contributed by atoms with E-state index >= 15 is 0 Å². The van der Waals surface area contributed by atoms with Crippen LogP contribution in [0.15, 0.2) is 55.2 Å². The fourth-order valence-corrected chi connectivity index (χ4v) is 3.08. The predicted octanol–water partition coefficient (Wildman–Crippen LogP) is 2.21. The first kappa shape index (κ1) is 19.3. The standard InChI is InChI=1S/C19H22N6O.ClH/c1-2-17(19(22-7-1)25-15-21-14-23-25)13-20-12-16-3-5-18(6-4-16)24-8-10-26-11-9-24;/h1-7,14-15,20H,8-13H2;1H. The first-order valence-electron chi connectivity index (χ1n) is 8.81. The lowest BCUT2D eigenvalue weighted by Crippen LogP contribution is -2.36. The van der Waals surface area contributed by atoms with Gasteiger partial charge in [0, 0.05) is 43.6 Å². The molecule has 8 heteroatoms. The summed E-state index contributed by atoms with van der Waals surface area (Å²) in [4.78, 5) is 10.8. The molecule has 0 radical (unpaired) electrons. The molecule has 3 aromatic rings. The first-order chi connectivity index (χ1) is 12.9. The molecule has 0 aliphatic carbocycles. The van der Waals surface area contributed by atoms with Crippen molar-refractivity contribution in [1.29, 1.82) is 0 Å². The van der Waals surface area contributed by atoms with Crippen molar-refractivity contribution in [3.63, 3.8) is 0 Å². The van der Waals surface area contributed by atoms with E-state index in [0.29, 0.717) is 6.54 Å². The molecule has 0 saturated carbocycles. The number of ether oxygens (including phenoxy) is 1. The lowest BCUT2D eigenvalue weighted by molar-refractivity contribution is 0.122. The zero-order chi connectivity index (χ0) is 17.6. The Hall–Kier alpha value is -2.48. The third-order valence-corrected chi connectivity index (χ3v) is 4.46. The smallest absolute Gasteiger partial charge is 0.159 e. The summed E-state index contributed by atoms with van der Waals surface area (Å²) in [5, 5.41) is 7.65. The average Bonchev–Trinajstić information content (AvgIpc) is 3.24. The second kappa shape index (κ2) is 9.45. The van der Waals surface area contributed by atoms with Crippen molar-refractivity contribution in [2.75, 3.05) is 31.2 Å². The number of rotatable bonds is 6. The minimum Gasteiger partial charge on any atom is -0.378 e. The molecule has 1 aliphatic heterocycles. The van der Waals surface area contributed by atoms with E-state index in [9.17, 15) is 0 Å². The molecule has 1 N–H and O–H groups in total. The van der Waals surface area contributed by atoms with Crippen LogP contribution in [0, 0.1) is 0 Å². The molecule has 0 spiro atoms. The van der Waals surface area contributed by atoms with Gasteiger partial charge in [-0.25, -0.2) is 14.6 Å². The number of aromatic nitrogens is 4. The number of benzene rings is 1. The molecule has 4 rings (SSSR count). The van der Waals surface area contributed by atoms with Gasteiger partial charge in [-0.3, -0.25) is 0 Å². The Morgan fingerprint density at radius 3 is 2.59 bits per heavy atom. The van der Waals surface area contributed by atoms with E-state index in [1.54, 1.807) is 17.2 Å². The third-order valence-electron chi connectivity index (χ3n) is 4.46. The highest BCUT2D eigenvalue weighted by atomic mass is 35.5. The lowest BCUT2D eigenvalue weighted by Gasteiger charge is -2.28. The van der Waals surface area contributed by atoms with Gasteiger partial charge in [-0.2, -0.15) is 5.10 Å². The normalized spacial score (nSPS) is 14.0. The van der Waals surface area contributed by atoms with E-state index in [2.05, 4.69) is 55.6 Å². The van der Waals surface area contributed by atoms with Crippen molar-refractivity contribution < 1.29 is 4.74 Å². The van der Waals surface area contributed by atoms with Crippen LogP contribution in [0.1, 0.15) is 11.1 Å². The van der Waals surface area contributed by atoms with Crippen molar-refractivity contribution in [2.24, 2.45) is 0 Å². The topological polar surface area (TPSA) is 68.1 Å². The van der Waals surface area contributed by atoms with Crippen LogP contribution in [0.5, 0.6) is 0 Å². The minimum atomic E-state index is 0. The van der Waals surface area contributed by atoms with Gasteiger partial charge in [-0.05, 0) is 23.8 Å². The second-order valence-electron chi connectivity index (χ2n) is 6.20. The molecule has 1 aliphatic rings. The lowest BCUT2D eigenvalue weighted by atomic mass is 10.1. The number of nitrogens with one attached hydrogen (secondary N) is 1. The Balaban J connectivity index is 0.00000210. The Labute approximate surface area is 164 Å². The van der Waals surface area contributed by atoms with Crippen LogP contribution in [0.4, 0.5) is 5.69 Å². The van der Waals surface area contributed by atoms with Crippen LogP contribution in [0.3, 0.4) is 0 Å². The van der Waals surface area contributed by atoms with E-state index < -0.39 is 0 Å². The van der Waals surface area contributed by atoms with Crippen LogP contribution in [-0.4, -0.2) is 46.1 Å². The summed E-state index contributed by atoms with van der Waals surface area (Å²) in [7, 11) is 0. The number of pyridine rings is 1. The molecule has 3 heterocycles. The molecule has 0 amide bonds. The highest BCUT2D eigenvalue weighted by Gasteiger charge is 2.11. The van der Waals surface area contributed by atoms with Gasteiger partial charge in [0.25, 0.3) is 0 Å². The maximum Gasteiger partial charge on any atom is 0.159 e. The van der Waals surface area contributed by atoms with E-state index in [-0.39, 0.29) is 12.4 Å². The molecular formula is C19H23ClN6O. The highest BCUT2D eigenvalue weighted by Crippen LogP contribution is 2.17. The number of anilines is 1. The summed E-state index contributed by atoms with van der Waals surface area (Å²) in [6, 6.07) is 12.7. The third kappa shape index (κ3) is 4.82. The molecule has 1 aromatic carbocycles. The van der Waals surface area contributed by atoms with Gasteiger partial charge in [0.05, 0.1) is 13.2 Å². The maximum atomic E-state index is 5.41. The molecule has 1 fully saturated rings. The van der Waals surface area contributed by atoms with Gasteiger partial charge in [0.2, 0.25) is 0 Å². The van der Waals surface area contributed by atoms with Gasteiger partial charge in [-0.1, -0.05) is 18.2 Å². The number of hydrogen-bond donors (Lipinski definition) is 1. The van der Waals surface area contributed by atoms with Crippen molar-refractivity contribution in [2.45, 2.75) is 13.1 Å². The molecular weight excluding hydrogens is 364 g/mol. The summed E-state index contributed by atoms with van der Waals surface area (Å²) in [6.07, 6.45) is 4.95. The van der Waals surface area contributed by atoms with Crippen LogP contribution in [-0.2, 0) is 17.8 Å². The summed E-state index contributed by atoms with van der Waals surface area (Å²) in [5.74, 6) is 0.806. The molecule has 0 atom stereocenters. The maximum absolute atomic E-state index is 5.41. The summed E-state index contributed by atoms with van der Waals surface area (Å²) in [6.45, 7) is 5.06. The van der Waals surface area contributed by atoms with Crippen molar-refractivity contribution in [3.8, 4) is 5.82 Å². The molecule has 0 bridgehead atoms. The fraction of sp³-hybridized carbons (Fsp3) is 0.316. The fourth-order valence-electron chi connectivity index (χ4n) is 3.08. The van der Waals surface area contributed by atoms with Gasteiger partial charge in [0.15, 0.2) is 5.82 Å². The average molecular weight is 387 g/mol. The first-order valence-corrected chi connectivity index (χ1v) is 8.81. The van der Waals surface area contributed by atoms with Crippen LogP contribution < -0.4 is 10.2 Å². The Kier molecular flexibility index (Phi) is 6.75. The van der Waals surface area contributed by atoms with Crippen molar-refractivity contribution in [3.05, 3.63) is 66.4 Å². The molecule has 0 unspecified atom stereocenters. The summed E-state index contributed by atoms with van der Waals surface area (Å²) < 4.78 is 7.10. The van der Waals surface area contributed by atoms with Crippen molar-refractivity contribution >= 4 is 18.1 Å². The molecule has 7 nitrogen and oxygen atoms in total. The molecule has 27 heavy (non-hydrogen) atoms. The molecule has 2 aromatic heterocycles. The second-order valence-corrected chi connectivity index (χ2v) is 6.20. The largest absolute Gasteiger partial charge is 0.378 e. The van der Waals surface area contributed by atoms with E-state index in [4.69, 9.17) is 4.74 Å². The number of nitrogens with zero attached hydrogens (tertiary/aromatic N) is 5. The van der Waals surface area contributed by atoms with Gasteiger partial charge in [-0.15, -0.1) is 12.4 Å². The van der Waals surface area contributed by atoms with Crippen LogP contribution >= 0.6 is 12.4 Å². The number of morpholine rings is 1. The zero-order valence-electron chi connectivity index (χ0n) is 15.0. The number of halogens is 1.